The van der Waals surface area contributed by atoms with Gasteiger partial charge < -0.3 is 14.5 Å². The maximum Gasteiger partial charge on any atom is 0.224 e. The summed E-state index contributed by atoms with van der Waals surface area (Å²) >= 11 is 0. The fourth-order valence-electron chi connectivity index (χ4n) is 3.47. The Kier molecular flexibility index (Phi) is 4.21. The molecule has 0 unspecified atom stereocenters. The van der Waals surface area contributed by atoms with Crippen molar-refractivity contribution in [2.45, 2.75) is 13.0 Å². The zero-order chi connectivity index (χ0) is 18.1. The number of fused-ring (bicyclic) bond motifs is 2. The highest BCUT2D eigenvalue weighted by Gasteiger charge is 2.10. The van der Waals surface area contributed by atoms with Crippen LogP contribution in [0, 0.1) is 5.82 Å². The number of amides is 1. The summed E-state index contributed by atoms with van der Waals surface area (Å²) in [6.45, 7) is 1.11. The molecule has 0 aliphatic carbocycles. The summed E-state index contributed by atoms with van der Waals surface area (Å²) in [6.07, 6.45) is 4.27. The fraction of sp³-hybridized carbons (Fsp3) is 0.190. The Balaban J connectivity index is 1.40. The normalized spacial score (nSPS) is 11.3. The van der Waals surface area contributed by atoms with Crippen molar-refractivity contribution in [1.29, 1.82) is 0 Å². The second kappa shape index (κ2) is 6.67. The molecular formula is C21H20FN3O. The lowest BCUT2D eigenvalue weighted by Crippen LogP contribution is -2.28. The molecule has 0 fully saturated rings. The number of para-hydroxylation sites is 1. The number of hydrogen-bond acceptors (Lipinski definition) is 1. The van der Waals surface area contributed by atoms with Crippen molar-refractivity contribution < 1.29 is 9.18 Å². The molecule has 1 N–H and O–H groups in total. The molecule has 0 saturated heterocycles. The number of hydrogen-bond donors (Lipinski definition) is 1. The molecule has 2 aromatic heterocycles. The maximum atomic E-state index is 13.4. The number of rotatable bonds is 5. The molecule has 0 radical (unpaired) electrons. The lowest BCUT2D eigenvalue weighted by molar-refractivity contribution is -0.120. The van der Waals surface area contributed by atoms with Gasteiger partial charge in [0.2, 0.25) is 5.91 Å². The van der Waals surface area contributed by atoms with Gasteiger partial charge in [-0.3, -0.25) is 4.79 Å². The third-order valence-corrected chi connectivity index (χ3v) is 4.74. The Labute approximate surface area is 150 Å². The minimum absolute atomic E-state index is 0.0102. The van der Waals surface area contributed by atoms with Gasteiger partial charge in [0.25, 0.3) is 0 Å². The molecule has 4 rings (SSSR count). The van der Waals surface area contributed by atoms with Crippen molar-refractivity contribution >= 4 is 27.7 Å². The van der Waals surface area contributed by atoms with Gasteiger partial charge in [0, 0.05) is 43.4 Å². The van der Waals surface area contributed by atoms with Crippen molar-refractivity contribution in [1.82, 2.24) is 14.5 Å². The summed E-state index contributed by atoms with van der Waals surface area (Å²) in [5, 5.41) is 5.06. The van der Waals surface area contributed by atoms with E-state index in [2.05, 4.69) is 5.32 Å². The molecule has 26 heavy (non-hydrogen) atoms. The van der Waals surface area contributed by atoms with Gasteiger partial charge in [0.05, 0.1) is 11.9 Å². The number of nitrogens with zero attached hydrogens (tertiary/aromatic N) is 2. The lowest BCUT2D eigenvalue weighted by Gasteiger charge is -2.08. The second-order valence-electron chi connectivity index (χ2n) is 6.52. The highest BCUT2D eigenvalue weighted by atomic mass is 19.1. The van der Waals surface area contributed by atoms with Crippen LogP contribution in [0.15, 0.2) is 60.9 Å². The van der Waals surface area contributed by atoms with E-state index in [1.165, 1.54) is 12.1 Å². The van der Waals surface area contributed by atoms with Gasteiger partial charge in [0.15, 0.2) is 0 Å². The maximum absolute atomic E-state index is 13.4. The fourth-order valence-corrected chi connectivity index (χ4v) is 3.47. The Bertz CT molecular complexity index is 1090. The van der Waals surface area contributed by atoms with Crippen molar-refractivity contribution in [3.05, 3.63) is 72.3 Å². The van der Waals surface area contributed by atoms with Gasteiger partial charge in [-0.2, -0.15) is 0 Å². The van der Waals surface area contributed by atoms with Crippen molar-refractivity contribution in [2.75, 3.05) is 6.54 Å². The lowest BCUT2D eigenvalue weighted by atomic mass is 10.1. The van der Waals surface area contributed by atoms with Gasteiger partial charge in [-0.25, -0.2) is 4.39 Å². The predicted octanol–water partition coefficient (Wildman–Crippen LogP) is 3.63. The Morgan fingerprint density at radius 1 is 1.12 bits per heavy atom. The Hall–Kier alpha value is -3.08. The van der Waals surface area contributed by atoms with Gasteiger partial charge in [-0.15, -0.1) is 0 Å². The number of carbonyl (C=O) groups is 1. The van der Waals surface area contributed by atoms with Gasteiger partial charge in [0.1, 0.15) is 5.82 Å². The molecule has 5 heteroatoms. The molecule has 0 spiro atoms. The first-order valence-electron chi connectivity index (χ1n) is 8.66. The van der Waals surface area contributed by atoms with Crippen molar-refractivity contribution in [3.63, 3.8) is 0 Å². The summed E-state index contributed by atoms with van der Waals surface area (Å²) in [5.74, 6) is -0.263. The number of benzene rings is 2. The van der Waals surface area contributed by atoms with Crippen LogP contribution in [0.4, 0.5) is 4.39 Å². The quantitative estimate of drug-likeness (QED) is 0.587. The van der Waals surface area contributed by atoms with Crippen LogP contribution in [0.5, 0.6) is 0 Å². The number of halogens is 1. The molecule has 0 atom stereocenters. The third-order valence-electron chi connectivity index (χ3n) is 4.74. The first kappa shape index (κ1) is 16.4. The molecule has 1 amide bonds. The molecule has 0 aliphatic heterocycles. The molecule has 4 aromatic rings. The van der Waals surface area contributed by atoms with Crippen LogP contribution >= 0.6 is 0 Å². The van der Waals surface area contributed by atoms with E-state index in [9.17, 15) is 9.18 Å². The average Bonchev–Trinajstić information content (AvgIpc) is 3.17. The molecule has 0 bridgehead atoms. The topological polar surface area (TPSA) is 39.0 Å². The minimum atomic E-state index is -0.252. The molecule has 132 valence electrons. The van der Waals surface area contributed by atoms with E-state index in [1.807, 2.05) is 58.9 Å². The van der Waals surface area contributed by atoms with Crippen molar-refractivity contribution in [2.24, 2.45) is 7.05 Å². The van der Waals surface area contributed by atoms with Gasteiger partial charge >= 0.3 is 0 Å². The molecular weight excluding hydrogens is 329 g/mol. The largest absolute Gasteiger partial charge is 0.354 e. The van der Waals surface area contributed by atoms with Gasteiger partial charge in [-0.1, -0.05) is 18.2 Å². The molecule has 0 saturated carbocycles. The van der Waals surface area contributed by atoms with Crippen LogP contribution in [0.25, 0.3) is 21.8 Å². The first-order chi connectivity index (χ1) is 12.6. The van der Waals surface area contributed by atoms with Crippen LogP contribution in [0.1, 0.15) is 5.56 Å². The van der Waals surface area contributed by atoms with Crippen LogP contribution in [0.3, 0.4) is 0 Å². The first-order valence-corrected chi connectivity index (χ1v) is 8.66. The standard InChI is InChI=1S/C21H20FN3O/c1-24-14-16(18-4-2-3-5-19(18)24)12-21(26)23-9-11-25-10-8-15-6-7-17(22)13-20(15)25/h2-8,10,13-14H,9,11-12H2,1H3,(H,23,26). The molecule has 2 aromatic carbocycles. The highest BCUT2D eigenvalue weighted by Crippen LogP contribution is 2.20. The summed E-state index contributed by atoms with van der Waals surface area (Å²) in [7, 11) is 1.99. The Morgan fingerprint density at radius 3 is 2.85 bits per heavy atom. The van der Waals surface area contributed by atoms with Crippen molar-refractivity contribution in [3.8, 4) is 0 Å². The summed E-state index contributed by atoms with van der Waals surface area (Å²) in [5.41, 5.74) is 2.98. The SMILES string of the molecule is Cn1cc(CC(=O)NCCn2ccc3ccc(F)cc32)c2ccccc21. The summed E-state index contributed by atoms with van der Waals surface area (Å²) in [4.78, 5) is 12.3. The summed E-state index contributed by atoms with van der Waals surface area (Å²) < 4.78 is 17.4. The number of aromatic nitrogens is 2. The Morgan fingerprint density at radius 2 is 1.96 bits per heavy atom. The zero-order valence-electron chi connectivity index (χ0n) is 14.6. The average molecular weight is 349 g/mol. The highest BCUT2D eigenvalue weighted by molar-refractivity contribution is 5.89. The van der Waals surface area contributed by atoms with E-state index in [1.54, 1.807) is 6.07 Å². The molecule has 4 nitrogen and oxygen atoms in total. The smallest absolute Gasteiger partial charge is 0.224 e. The second-order valence-corrected chi connectivity index (χ2v) is 6.52. The van der Waals surface area contributed by atoms with E-state index in [0.29, 0.717) is 19.5 Å². The molecule has 2 heterocycles. The van der Waals surface area contributed by atoms with Gasteiger partial charge in [-0.05, 0) is 41.3 Å². The molecule has 0 aliphatic rings. The van der Waals surface area contributed by atoms with E-state index < -0.39 is 0 Å². The van der Waals surface area contributed by atoms with E-state index in [-0.39, 0.29) is 11.7 Å². The van der Waals surface area contributed by atoms with Crippen LogP contribution in [-0.2, 0) is 24.8 Å². The van der Waals surface area contributed by atoms with E-state index >= 15 is 0 Å². The zero-order valence-corrected chi connectivity index (χ0v) is 14.6. The van der Waals surface area contributed by atoms with E-state index in [0.717, 1.165) is 27.4 Å². The third kappa shape index (κ3) is 3.08. The summed E-state index contributed by atoms with van der Waals surface area (Å²) in [6, 6.07) is 14.8. The van der Waals surface area contributed by atoms with Crippen LogP contribution < -0.4 is 5.32 Å². The number of aryl methyl sites for hydroxylation is 1. The van der Waals surface area contributed by atoms with E-state index in [4.69, 9.17) is 0 Å². The monoisotopic (exact) mass is 349 g/mol. The van der Waals surface area contributed by atoms with Crippen LogP contribution in [0.2, 0.25) is 0 Å². The number of nitrogens with one attached hydrogen (secondary N) is 1. The van der Waals surface area contributed by atoms with Crippen LogP contribution in [-0.4, -0.2) is 21.6 Å². The minimum Gasteiger partial charge on any atom is -0.354 e. The number of carbonyl (C=O) groups excluding carboxylic acids is 1. The predicted molar refractivity (Wildman–Crippen MR) is 102 cm³/mol.